The lowest BCUT2D eigenvalue weighted by molar-refractivity contribution is 0.00332. The summed E-state index contributed by atoms with van der Waals surface area (Å²) in [5.41, 5.74) is 1.15. The minimum Gasteiger partial charge on any atom is -0.478 e. The number of hydrogen-bond acceptors (Lipinski definition) is 4. The van der Waals surface area contributed by atoms with Crippen molar-refractivity contribution in [2.75, 3.05) is 6.61 Å². The van der Waals surface area contributed by atoms with E-state index in [0.717, 1.165) is 5.56 Å². The molecule has 2 aromatic carbocycles. The zero-order valence-electron chi connectivity index (χ0n) is 15.2. The lowest BCUT2D eigenvalue weighted by Crippen LogP contribution is -2.39. The summed E-state index contributed by atoms with van der Waals surface area (Å²) in [4.78, 5) is 4.58. The number of nitrogens with zero attached hydrogens (tertiary/aromatic N) is 1. The number of benzene rings is 2. The van der Waals surface area contributed by atoms with Gasteiger partial charge in [-0.05, 0) is 39.7 Å². The van der Waals surface area contributed by atoms with Crippen LogP contribution in [-0.4, -0.2) is 16.7 Å². The number of fused-ring (bicyclic) bond motifs is 1. The van der Waals surface area contributed by atoms with Gasteiger partial charge in [-0.2, -0.15) is 0 Å². The molecule has 144 valence electrons. The van der Waals surface area contributed by atoms with Crippen molar-refractivity contribution >= 4 is 15.9 Å². The molecular formula is C22H19BrFNO3. The van der Waals surface area contributed by atoms with E-state index in [1.807, 2.05) is 43.3 Å². The maximum absolute atomic E-state index is 14.0. The van der Waals surface area contributed by atoms with Crippen LogP contribution in [0.3, 0.4) is 0 Å². The molecule has 3 aromatic rings. The summed E-state index contributed by atoms with van der Waals surface area (Å²) in [5.74, 6) is 0.295. The summed E-state index contributed by atoms with van der Waals surface area (Å²) in [6, 6.07) is 18.1. The second kappa shape index (κ2) is 7.53. The van der Waals surface area contributed by atoms with Gasteiger partial charge < -0.3 is 14.6 Å². The third-order valence-electron chi connectivity index (χ3n) is 5.14. The molecule has 1 aromatic heterocycles. The van der Waals surface area contributed by atoms with E-state index >= 15 is 0 Å². The fourth-order valence-electron chi connectivity index (χ4n) is 3.55. The van der Waals surface area contributed by atoms with Crippen LogP contribution in [0.15, 0.2) is 65.1 Å². The van der Waals surface area contributed by atoms with Crippen LogP contribution in [-0.2, 0) is 12.2 Å². The van der Waals surface area contributed by atoms with Crippen molar-refractivity contribution in [3.05, 3.63) is 87.8 Å². The molecule has 2 unspecified atom stereocenters. The number of aliphatic hydroxyl groups is 1. The zero-order valence-corrected chi connectivity index (χ0v) is 16.8. The molecule has 0 spiro atoms. The molecule has 0 saturated carbocycles. The average molecular weight is 444 g/mol. The highest BCUT2D eigenvalue weighted by molar-refractivity contribution is 9.10. The molecule has 2 heterocycles. The van der Waals surface area contributed by atoms with Gasteiger partial charge in [-0.25, -0.2) is 9.37 Å². The lowest BCUT2D eigenvalue weighted by Gasteiger charge is -2.30. The maximum atomic E-state index is 14.0. The zero-order chi connectivity index (χ0) is 19.7. The topological polar surface area (TPSA) is 51.6 Å². The number of aliphatic hydroxyl groups excluding tert-OH is 1. The smallest absolute Gasteiger partial charge is 0.213 e. The van der Waals surface area contributed by atoms with Crippen molar-refractivity contribution in [2.45, 2.75) is 25.0 Å². The van der Waals surface area contributed by atoms with E-state index in [1.165, 1.54) is 6.07 Å². The summed E-state index contributed by atoms with van der Waals surface area (Å²) in [5, 5.41) is 10.3. The van der Waals surface area contributed by atoms with Crippen LogP contribution in [0.2, 0.25) is 0 Å². The monoisotopic (exact) mass is 443 g/mol. The Labute approximate surface area is 171 Å². The van der Waals surface area contributed by atoms with Gasteiger partial charge in [0.2, 0.25) is 5.88 Å². The molecule has 0 aliphatic carbocycles. The molecular weight excluding hydrogens is 425 g/mol. The van der Waals surface area contributed by atoms with Gasteiger partial charge in [-0.3, -0.25) is 0 Å². The Hall–Kier alpha value is -2.44. The van der Waals surface area contributed by atoms with E-state index in [2.05, 4.69) is 20.9 Å². The third-order valence-corrected chi connectivity index (χ3v) is 5.94. The standard InChI is InChI=1S/C22H19BrFNO3/c1-14-20-17(11-10-16(24)21(20)23)28-22(14,13-26)18-8-5-9-19(25-18)27-12-15-6-3-2-4-7-15/h2-11,14,26H,12-13H2,1H3. The summed E-state index contributed by atoms with van der Waals surface area (Å²) >= 11 is 3.31. The van der Waals surface area contributed by atoms with Crippen LogP contribution in [0, 0.1) is 5.82 Å². The molecule has 0 radical (unpaired) electrons. The normalized spacial score (nSPS) is 20.5. The maximum Gasteiger partial charge on any atom is 0.213 e. The first kappa shape index (κ1) is 18.9. The average Bonchev–Trinajstić information content (AvgIpc) is 3.03. The predicted octanol–water partition coefficient (Wildman–Crippen LogP) is 4.95. The van der Waals surface area contributed by atoms with E-state index in [9.17, 15) is 9.50 Å². The van der Waals surface area contributed by atoms with Gasteiger partial charge in [0.15, 0.2) is 5.60 Å². The minimum absolute atomic E-state index is 0.300. The van der Waals surface area contributed by atoms with Crippen LogP contribution in [0.5, 0.6) is 11.6 Å². The van der Waals surface area contributed by atoms with Crippen LogP contribution >= 0.6 is 15.9 Å². The number of rotatable bonds is 5. The lowest BCUT2D eigenvalue weighted by atomic mass is 9.83. The fraction of sp³-hybridized carbons (Fsp3) is 0.227. The summed E-state index contributed by atoms with van der Waals surface area (Å²) in [7, 11) is 0. The van der Waals surface area contributed by atoms with Gasteiger partial charge in [-0.15, -0.1) is 0 Å². The van der Waals surface area contributed by atoms with Crippen LogP contribution in [0.25, 0.3) is 0 Å². The van der Waals surface area contributed by atoms with Gasteiger partial charge >= 0.3 is 0 Å². The Bertz CT molecular complexity index is 998. The Morgan fingerprint density at radius 3 is 2.68 bits per heavy atom. The molecule has 0 saturated heterocycles. The Morgan fingerprint density at radius 2 is 1.93 bits per heavy atom. The molecule has 0 amide bonds. The molecule has 4 rings (SSSR count). The van der Waals surface area contributed by atoms with Crippen molar-refractivity contribution in [1.29, 1.82) is 0 Å². The molecule has 6 heteroatoms. The quantitative estimate of drug-likeness (QED) is 0.606. The van der Waals surface area contributed by atoms with E-state index < -0.39 is 5.60 Å². The largest absolute Gasteiger partial charge is 0.478 e. The van der Waals surface area contributed by atoms with Gasteiger partial charge in [-0.1, -0.05) is 43.3 Å². The van der Waals surface area contributed by atoms with E-state index in [-0.39, 0.29) is 18.3 Å². The molecule has 28 heavy (non-hydrogen) atoms. The second-order valence-electron chi connectivity index (χ2n) is 6.78. The Balaban J connectivity index is 1.65. The highest BCUT2D eigenvalue weighted by atomic mass is 79.9. The van der Waals surface area contributed by atoms with E-state index in [1.54, 1.807) is 18.2 Å². The number of halogens is 2. The molecule has 4 nitrogen and oxygen atoms in total. The van der Waals surface area contributed by atoms with Crippen LogP contribution in [0.1, 0.15) is 29.7 Å². The fourth-order valence-corrected chi connectivity index (χ4v) is 4.22. The molecule has 2 atom stereocenters. The number of aromatic nitrogens is 1. The van der Waals surface area contributed by atoms with E-state index in [4.69, 9.17) is 9.47 Å². The van der Waals surface area contributed by atoms with Crippen molar-refractivity contribution in [3.8, 4) is 11.6 Å². The van der Waals surface area contributed by atoms with Crippen molar-refractivity contribution in [1.82, 2.24) is 4.98 Å². The number of ether oxygens (including phenoxy) is 2. The highest BCUT2D eigenvalue weighted by Gasteiger charge is 2.49. The first-order valence-electron chi connectivity index (χ1n) is 8.97. The molecule has 1 N–H and O–H groups in total. The Morgan fingerprint density at radius 1 is 1.14 bits per heavy atom. The molecule has 1 aliphatic rings. The van der Waals surface area contributed by atoms with Crippen LogP contribution < -0.4 is 9.47 Å². The highest BCUT2D eigenvalue weighted by Crippen LogP contribution is 2.52. The van der Waals surface area contributed by atoms with Gasteiger partial charge in [0, 0.05) is 17.5 Å². The number of hydrogen-bond donors (Lipinski definition) is 1. The SMILES string of the molecule is CC1c2c(ccc(F)c2Br)OC1(CO)c1cccc(OCc2ccccc2)n1. The Kier molecular flexibility index (Phi) is 5.08. The summed E-state index contributed by atoms with van der Waals surface area (Å²) in [6.45, 7) is 1.98. The second-order valence-corrected chi connectivity index (χ2v) is 7.57. The third kappa shape index (κ3) is 3.16. The first-order valence-corrected chi connectivity index (χ1v) is 9.76. The minimum atomic E-state index is -1.11. The van der Waals surface area contributed by atoms with Gasteiger partial charge in [0.05, 0.1) is 16.8 Å². The summed E-state index contributed by atoms with van der Waals surface area (Å²) in [6.07, 6.45) is 0. The number of pyridine rings is 1. The van der Waals surface area contributed by atoms with Crippen molar-refractivity contribution in [3.63, 3.8) is 0 Å². The van der Waals surface area contributed by atoms with Crippen molar-refractivity contribution in [2.24, 2.45) is 0 Å². The van der Waals surface area contributed by atoms with Gasteiger partial charge in [0.25, 0.3) is 0 Å². The van der Waals surface area contributed by atoms with Crippen molar-refractivity contribution < 1.29 is 19.0 Å². The molecule has 0 bridgehead atoms. The van der Waals surface area contributed by atoms with Gasteiger partial charge in [0.1, 0.15) is 18.2 Å². The first-order chi connectivity index (χ1) is 13.5. The van der Waals surface area contributed by atoms with Crippen LogP contribution in [0.4, 0.5) is 4.39 Å². The summed E-state index contributed by atoms with van der Waals surface area (Å²) < 4.78 is 26.3. The predicted molar refractivity (Wildman–Crippen MR) is 107 cm³/mol. The molecule has 1 aliphatic heterocycles. The van der Waals surface area contributed by atoms with E-state index in [0.29, 0.717) is 34.0 Å². The molecule has 0 fully saturated rings.